The van der Waals surface area contributed by atoms with Crippen molar-refractivity contribution in [2.24, 2.45) is 0 Å². The standard InChI is InChI=1S/C22H31N5O2S/c1-17-15-19(3)20(16-18(17)2)30(28,29)27-13-11-25(12-14-27)21-7-8-23-22(24-21)26-9-5-4-6-10-26/h7-8,15-16H,4-6,9-14H2,1-3H3. The minimum absolute atomic E-state index is 0.425. The van der Waals surface area contributed by atoms with Gasteiger partial charge in [0.25, 0.3) is 0 Å². The van der Waals surface area contributed by atoms with Gasteiger partial charge in [0.1, 0.15) is 5.82 Å². The van der Waals surface area contributed by atoms with Crippen molar-refractivity contribution in [1.29, 1.82) is 0 Å². The molecule has 0 atom stereocenters. The Bertz CT molecular complexity index is 1010. The molecule has 0 amide bonds. The van der Waals surface area contributed by atoms with Crippen molar-refractivity contribution < 1.29 is 8.42 Å². The van der Waals surface area contributed by atoms with E-state index in [9.17, 15) is 8.42 Å². The monoisotopic (exact) mass is 429 g/mol. The molecule has 0 radical (unpaired) electrons. The summed E-state index contributed by atoms with van der Waals surface area (Å²) in [6, 6.07) is 5.69. The van der Waals surface area contributed by atoms with E-state index in [1.54, 1.807) is 4.31 Å². The van der Waals surface area contributed by atoms with Gasteiger partial charge in [-0.3, -0.25) is 0 Å². The van der Waals surface area contributed by atoms with Crippen LogP contribution < -0.4 is 9.80 Å². The van der Waals surface area contributed by atoms with Crippen molar-refractivity contribution in [3.63, 3.8) is 0 Å². The second-order valence-corrected chi connectivity index (χ2v) is 10.3. The smallest absolute Gasteiger partial charge is 0.243 e. The van der Waals surface area contributed by atoms with Crippen LogP contribution in [0.25, 0.3) is 0 Å². The van der Waals surface area contributed by atoms with Crippen LogP contribution >= 0.6 is 0 Å². The maximum atomic E-state index is 13.3. The molecule has 2 aliphatic heterocycles. The Morgan fingerprint density at radius 2 is 1.47 bits per heavy atom. The number of rotatable bonds is 4. The Morgan fingerprint density at radius 1 is 0.800 bits per heavy atom. The first-order chi connectivity index (χ1) is 14.4. The maximum Gasteiger partial charge on any atom is 0.243 e. The van der Waals surface area contributed by atoms with E-state index in [2.05, 4.69) is 14.8 Å². The SMILES string of the molecule is Cc1cc(C)c(S(=O)(=O)N2CCN(c3ccnc(N4CCCCC4)n3)CC2)cc1C. The third kappa shape index (κ3) is 4.16. The van der Waals surface area contributed by atoms with Gasteiger partial charge in [0.2, 0.25) is 16.0 Å². The Kier molecular flexibility index (Phi) is 5.97. The van der Waals surface area contributed by atoms with Crippen molar-refractivity contribution in [2.75, 3.05) is 49.1 Å². The van der Waals surface area contributed by atoms with Crippen LogP contribution in [0.15, 0.2) is 29.3 Å². The van der Waals surface area contributed by atoms with Gasteiger partial charge in [-0.25, -0.2) is 13.4 Å². The highest BCUT2D eigenvalue weighted by atomic mass is 32.2. The average molecular weight is 430 g/mol. The second kappa shape index (κ2) is 8.51. The van der Waals surface area contributed by atoms with Crippen LogP contribution in [0.5, 0.6) is 0 Å². The Labute approximate surface area is 179 Å². The molecule has 2 fully saturated rings. The number of aryl methyl sites for hydroxylation is 3. The molecule has 0 unspecified atom stereocenters. The van der Waals surface area contributed by atoms with Crippen molar-refractivity contribution in [3.8, 4) is 0 Å². The number of hydrogen-bond acceptors (Lipinski definition) is 6. The molecule has 162 valence electrons. The van der Waals surface area contributed by atoms with E-state index in [1.165, 1.54) is 19.3 Å². The summed E-state index contributed by atoms with van der Waals surface area (Å²) in [6.07, 6.45) is 5.45. The molecule has 2 aliphatic rings. The molecule has 2 saturated heterocycles. The van der Waals surface area contributed by atoms with Crippen LogP contribution in [0.3, 0.4) is 0 Å². The number of aromatic nitrogens is 2. The van der Waals surface area contributed by atoms with Gasteiger partial charge in [-0.15, -0.1) is 0 Å². The largest absolute Gasteiger partial charge is 0.354 e. The lowest BCUT2D eigenvalue weighted by molar-refractivity contribution is 0.383. The third-order valence-electron chi connectivity index (χ3n) is 6.24. The first-order valence-electron chi connectivity index (χ1n) is 10.8. The quantitative estimate of drug-likeness (QED) is 0.744. The maximum absolute atomic E-state index is 13.3. The zero-order chi connectivity index (χ0) is 21.3. The van der Waals surface area contributed by atoms with E-state index < -0.39 is 10.0 Å². The van der Waals surface area contributed by atoms with Crippen LogP contribution in [0, 0.1) is 20.8 Å². The molecule has 1 aromatic heterocycles. The van der Waals surface area contributed by atoms with Crippen LogP contribution in [-0.2, 0) is 10.0 Å². The summed E-state index contributed by atoms with van der Waals surface area (Å²) in [5, 5.41) is 0. The number of benzene rings is 1. The molecule has 0 aliphatic carbocycles. The second-order valence-electron chi connectivity index (χ2n) is 8.36. The van der Waals surface area contributed by atoms with Gasteiger partial charge >= 0.3 is 0 Å². The topological polar surface area (TPSA) is 69.6 Å². The zero-order valence-electron chi connectivity index (χ0n) is 18.1. The lowest BCUT2D eigenvalue weighted by Gasteiger charge is -2.35. The zero-order valence-corrected chi connectivity index (χ0v) is 19.0. The summed E-state index contributed by atoms with van der Waals surface area (Å²) in [7, 11) is -3.50. The van der Waals surface area contributed by atoms with Crippen molar-refractivity contribution >= 4 is 21.8 Å². The van der Waals surface area contributed by atoms with Gasteiger partial charge in [-0.1, -0.05) is 6.07 Å². The lowest BCUT2D eigenvalue weighted by atomic mass is 10.1. The van der Waals surface area contributed by atoms with Crippen LogP contribution in [-0.4, -0.2) is 62.0 Å². The van der Waals surface area contributed by atoms with Crippen molar-refractivity contribution in [3.05, 3.63) is 41.1 Å². The highest BCUT2D eigenvalue weighted by Crippen LogP contribution is 2.26. The van der Waals surface area contributed by atoms with Gasteiger partial charge in [0.05, 0.1) is 4.90 Å². The first-order valence-corrected chi connectivity index (χ1v) is 12.2. The van der Waals surface area contributed by atoms with E-state index >= 15 is 0 Å². The molecule has 0 bridgehead atoms. The summed E-state index contributed by atoms with van der Waals surface area (Å²) in [5.74, 6) is 1.66. The number of sulfonamides is 1. The third-order valence-corrected chi connectivity index (χ3v) is 8.28. The number of anilines is 2. The predicted octanol–water partition coefficient (Wildman–Crippen LogP) is 2.90. The summed E-state index contributed by atoms with van der Waals surface area (Å²) in [4.78, 5) is 14.1. The fraction of sp³-hybridized carbons (Fsp3) is 0.545. The normalized spacial score (nSPS) is 18.6. The molecule has 0 spiro atoms. The molecular formula is C22H31N5O2S. The molecule has 0 saturated carbocycles. The molecule has 8 heteroatoms. The van der Waals surface area contributed by atoms with E-state index in [0.717, 1.165) is 41.5 Å². The molecule has 1 aromatic carbocycles. The molecule has 3 heterocycles. The molecule has 2 aromatic rings. The Hall–Kier alpha value is -2.19. The Balaban J connectivity index is 1.47. The Morgan fingerprint density at radius 3 is 2.17 bits per heavy atom. The highest BCUT2D eigenvalue weighted by Gasteiger charge is 2.30. The average Bonchev–Trinajstić information content (AvgIpc) is 2.77. The number of nitrogens with zero attached hydrogens (tertiary/aromatic N) is 5. The van der Waals surface area contributed by atoms with E-state index in [4.69, 9.17) is 4.98 Å². The highest BCUT2D eigenvalue weighted by molar-refractivity contribution is 7.89. The number of piperazine rings is 1. The molecule has 4 rings (SSSR count). The fourth-order valence-corrected chi connectivity index (χ4v) is 5.98. The van der Waals surface area contributed by atoms with E-state index in [1.807, 2.05) is 45.2 Å². The van der Waals surface area contributed by atoms with Gasteiger partial charge in [0.15, 0.2) is 0 Å². The van der Waals surface area contributed by atoms with Gasteiger partial charge in [-0.2, -0.15) is 9.29 Å². The van der Waals surface area contributed by atoms with Crippen molar-refractivity contribution in [2.45, 2.75) is 44.9 Å². The molecule has 0 N–H and O–H groups in total. The summed E-state index contributed by atoms with van der Waals surface area (Å²) in [5.41, 5.74) is 2.93. The van der Waals surface area contributed by atoms with Crippen LogP contribution in [0.1, 0.15) is 36.0 Å². The summed E-state index contributed by atoms with van der Waals surface area (Å²) >= 11 is 0. The summed E-state index contributed by atoms with van der Waals surface area (Å²) in [6.45, 7) is 10.0. The van der Waals surface area contributed by atoms with Crippen LogP contribution in [0.4, 0.5) is 11.8 Å². The predicted molar refractivity (Wildman–Crippen MR) is 120 cm³/mol. The van der Waals surface area contributed by atoms with Gasteiger partial charge in [0, 0.05) is 45.5 Å². The van der Waals surface area contributed by atoms with Crippen LogP contribution in [0.2, 0.25) is 0 Å². The van der Waals surface area contributed by atoms with Gasteiger partial charge in [-0.05, 0) is 68.9 Å². The first kappa shape index (κ1) is 21.1. The number of piperidine rings is 1. The number of hydrogen-bond donors (Lipinski definition) is 0. The lowest BCUT2D eigenvalue weighted by Crippen LogP contribution is -2.49. The minimum atomic E-state index is -3.50. The van der Waals surface area contributed by atoms with Gasteiger partial charge < -0.3 is 9.80 Å². The molecule has 30 heavy (non-hydrogen) atoms. The fourth-order valence-electron chi connectivity index (χ4n) is 4.27. The van der Waals surface area contributed by atoms with Crippen molar-refractivity contribution in [1.82, 2.24) is 14.3 Å². The van der Waals surface area contributed by atoms with E-state index in [-0.39, 0.29) is 0 Å². The molecule has 7 nitrogen and oxygen atoms in total. The molecular weight excluding hydrogens is 398 g/mol. The van der Waals surface area contributed by atoms with E-state index in [0.29, 0.717) is 31.1 Å². The summed E-state index contributed by atoms with van der Waals surface area (Å²) < 4.78 is 28.1. The minimum Gasteiger partial charge on any atom is -0.354 e.